The Morgan fingerprint density at radius 3 is 2.75 bits per heavy atom. The van der Waals surface area contributed by atoms with Gasteiger partial charge in [0.05, 0.1) is 4.92 Å². The van der Waals surface area contributed by atoms with E-state index in [-0.39, 0.29) is 18.0 Å². The van der Waals surface area contributed by atoms with Gasteiger partial charge in [0.15, 0.2) is 5.75 Å². The van der Waals surface area contributed by atoms with E-state index < -0.39 is 10.5 Å². The topological polar surface area (TPSA) is 84.6 Å². The van der Waals surface area contributed by atoms with Crippen molar-refractivity contribution in [3.05, 3.63) is 33.9 Å². The van der Waals surface area contributed by atoms with Crippen LogP contribution in [0.3, 0.4) is 0 Å². The molecule has 0 atom stereocenters. The van der Waals surface area contributed by atoms with E-state index in [2.05, 4.69) is 5.32 Å². The molecule has 1 aromatic rings. The number of hydrogen-bond acceptors (Lipinski definition) is 5. The monoisotopic (exact) mass is 280 g/mol. The fourth-order valence-corrected chi connectivity index (χ4v) is 2.30. The first kappa shape index (κ1) is 14.7. The predicted molar refractivity (Wildman–Crippen MR) is 75.0 cm³/mol. The number of aliphatic hydroxyl groups is 1. The summed E-state index contributed by atoms with van der Waals surface area (Å²) in [6.07, 6.45) is 1.92. The second kappa shape index (κ2) is 6.19. The first-order chi connectivity index (χ1) is 9.54. The molecule has 1 aliphatic rings. The van der Waals surface area contributed by atoms with Crippen LogP contribution in [0.15, 0.2) is 18.2 Å². The molecule has 1 saturated heterocycles. The molecule has 6 nitrogen and oxygen atoms in total. The Labute approximate surface area is 117 Å². The molecule has 2 N–H and O–H groups in total. The summed E-state index contributed by atoms with van der Waals surface area (Å²) in [5, 5.41) is 24.6. The second-order valence-corrected chi connectivity index (χ2v) is 5.18. The van der Waals surface area contributed by atoms with Crippen LogP contribution in [0, 0.1) is 10.1 Å². The van der Waals surface area contributed by atoms with Gasteiger partial charge in [-0.25, -0.2) is 0 Å². The molecule has 0 spiro atoms. The summed E-state index contributed by atoms with van der Waals surface area (Å²) < 4.78 is 5.52. The average Bonchev–Trinajstić information content (AvgIpc) is 2.45. The van der Waals surface area contributed by atoms with Gasteiger partial charge in [-0.05, 0) is 44.0 Å². The Morgan fingerprint density at radius 2 is 2.15 bits per heavy atom. The first-order valence-electron chi connectivity index (χ1n) is 6.87. The highest BCUT2D eigenvalue weighted by Crippen LogP contribution is 2.30. The molecule has 1 aromatic carbocycles. The highest BCUT2D eigenvalue weighted by molar-refractivity contribution is 5.48. The maximum Gasteiger partial charge on any atom is 0.311 e. The molecule has 20 heavy (non-hydrogen) atoms. The Bertz CT molecular complexity index is 484. The summed E-state index contributed by atoms with van der Waals surface area (Å²) in [6, 6.07) is 4.96. The molecule has 0 aliphatic carbocycles. The van der Waals surface area contributed by atoms with Gasteiger partial charge >= 0.3 is 5.69 Å². The van der Waals surface area contributed by atoms with Crippen molar-refractivity contribution in [3.63, 3.8) is 0 Å². The molecule has 0 bridgehead atoms. The largest absolute Gasteiger partial charge is 0.484 e. The lowest BCUT2D eigenvalue weighted by atomic mass is 9.93. The SMILES string of the molecule is CCc1ccc(OCC2(O)CCNCC2)c([N+](=O)[O-])c1. The molecule has 1 fully saturated rings. The number of nitro groups is 1. The van der Waals surface area contributed by atoms with Crippen LogP contribution < -0.4 is 10.1 Å². The van der Waals surface area contributed by atoms with Crippen molar-refractivity contribution in [2.45, 2.75) is 31.8 Å². The van der Waals surface area contributed by atoms with Gasteiger partial charge in [0, 0.05) is 6.07 Å². The molecule has 0 radical (unpaired) electrons. The summed E-state index contributed by atoms with van der Waals surface area (Å²) in [6.45, 7) is 3.49. The van der Waals surface area contributed by atoms with Crippen molar-refractivity contribution in [2.75, 3.05) is 19.7 Å². The van der Waals surface area contributed by atoms with Gasteiger partial charge in [-0.15, -0.1) is 0 Å². The number of nitrogens with zero attached hydrogens (tertiary/aromatic N) is 1. The molecule has 0 amide bonds. The maximum absolute atomic E-state index is 11.1. The third-order valence-electron chi connectivity index (χ3n) is 3.66. The lowest BCUT2D eigenvalue weighted by molar-refractivity contribution is -0.386. The fraction of sp³-hybridized carbons (Fsp3) is 0.571. The van der Waals surface area contributed by atoms with Crippen LogP contribution in [0.5, 0.6) is 5.75 Å². The summed E-state index contributed by atoms with van der Waals surface area (Å²) >= 11 is 0. The van der Waals surface area contributed by atoms with E-state index in [4.69, 9.17) is 4.74 Å². The van der Waals surface area contributed by atoms with E-state index >= 15 is 0 Å². The maximum atomic E-state index is 11.1. The van der Waals surface area contributed by atoms with Crippen LogP contribution in [-0.2, 0) is 6.42 Å². The first-order valence-corrected chi connectivity index (χ1v) is 6.87. The van der Waals surface area contributed by atoms with Crippen molar-refractivity contribution < 1.29 is 14.8 Å². The minimum absolute atomic E-state index is 0.0399. The Morgan fingerprint density at radius 1 is 1.45 bits per heavy atom. The third-order valence-corrected chi connectivity index (χ3v) is 3.66. The number of nitro benzene ring substituents is 1. The number of ether oxygens (including phenoxy) is 1. The zero-order chi connectivity index (χ0) is 14.6. The number of aryl methyl sites for hydroxylation is 1. The molecule has 0 aromatic heterocycles. The molecular weight excluding hydrogens is 260 g/mol. The van der Waals surface area contributed by atoms with Crippen LogP contribution in [0.2, 0.25) is 0 Å². The van der Waals surface area contributed by atoms with E-state index in [0.717, 1.165) is 25.1 Å². The van der Waals surface area contributed by atoms with E-state index in [9.17, 15) is 15.2 Å². The quantitative estimate of drug-likeness (QED) is 0.633. The summed E-state index contributed by atoms with van der Waals surface area (Å²) in [4.78, 5) is 10.6. The molecular formula is C14H20N2O4. The van der Waals surface area contributed by atoms with Crippen LogP contribution in [0.25, 0.3) is 0 Å². The smallest absolute Gasteiger partial charge is 0.311 e. The zero-order valence-electron chi connectivity index (χ0n) is 11.6. The van der Waals surface area contributed by atoms with Gasteiger partial charge in [-0.2, -0.15) is 0 Å². The van der Waals surface area contributed by atoms with Crippen molar-refractivity contribution >= 4 is 5.69 Å². The molecule has 0 unspecified atom stereocenters. The highest BCUT2D eigenvalue weighted by Gasteiger charge is 2.31. The Kier molecular flexibility index (Phi) is 4.57. The van der Waals surface area contributed by atoms with Crippen molar-refractivity contribution in [3.8, 4) is 5.75 Å². The standard InChI is InChI=1S/C14H20N2O4/c1-2-11-3-4-13(12(9-11)16(18)19)20-10-14(17)5-7-15-8-6-14/h3-4,9,15,17H,2,5-8,10H2,1H3. The molecule has 0 saturated carbocycles. The second-order valence-electron chi connectivity index (χ2n) is 5.18. The van der Waals surface area contributed by atoms with Gasteiger partial charge in [-0.3, -0.25) is 10.1 Å². The van der Waals surface area contributed by atoms with Crippen LogP contribution >= 0.6 is 0 Å². The van der Waals surface area contributed by atoms with Gasteiger partial charge in [0.2, 0.25) is 0 Å². The summed E-state index contributed by atoms with van der Waals surface area (Å²) in [5.41, 5.74) is -0.0470. The van der Waals surface area contributed by atoms with Crippen LogP contribution in [0.4, 0.5) is 5.69 Å². The van der Waals surface area contributed by atoms with Crippen molar-refractivity contribution in [2.24, 2.45) is 0 Å². The van der Waals surface area contributed by atoms with Gasteiger partial charge < -0.3 is 15.2 Å². The molecule has 1 heterocycles. The lowest BCUT2D eigenvalue weighted by Gasteiger charge is -2.32. The predicted octanol–water partition coefficient (Wildman–Crippen LogP) is 1.65. The van der Waals surface area contributed by atoms with Gasteiger partial charge in [0.25, 0.3) is 0 Å². The molecule has 2 rings (SSSR count). The number of piperidine rings is 1. The summed E-state index contributed by atoms with van der Waals surface area (Å²) in [5.74, 6) is 0.221. The van der Waals surface area contributed by atoms with E-state index in [1.165, 1.54) is 6.07 Å². The van der Waals surface area contributed by atoms with Gasteiger partial charge in [-0.1, -0.05) is 13.0 Å². The number of rotatable bonds is 5. The van der Waals surface area contributed by atoms with Gasteiger partial charge in [0.1, 0.15) is 12.2 Å². The minimum atomic E-state index is -0.900. The van der Waals surface area contributed by atoms with E-state index in [1.807, 2.05) is 13.0 Å². The number of nitrogens with one attached hydrogen (secondary N) is 1. The van der Waals surface area contributed by atoms with Crippen molar-refractivity contribution in [1.29, 1.82) is 0 Å². The van der Waals surface area contributed by atoms with Crippen molar-refractivity contribution in [1.82, 2.24) is 5.32 Å². The highest BCUT2D eigenvalue weighted by atomic mass is 16.6. The number of hydrogen-bond donors (Lipinski definition) is 2. The summed E-state index contributed by atoms with van der Waals surface area (Å²) in [7, 11) is 0. The lowest BCUT2D eigenvalue weighted by Crippen LogP contribution is -2.46. The van der Waals surface area contributed by atoms with E-state index in [0.29, 0.717) is 12.8 Å². The average molecular weight is 280 g/mol. The fourth-order valence-electron chi connectivity index (χ4n) is 2.30. The Hall–Kier alpha value is -1.66. The molecule has 6 heteroatoms. The third kappa shape index (κ3) is 3.46. The number of benzene rings is 1. The minimum Gasteiger partial charge on any atom is -0.484 e. The van der Waals surface area contributed by atoms with Crippen LogP contribution in [-0.4, -0.2) is 35.3 Å². The van der Waals surface area contributed by atoms with Crippen LogP contribution in [0.1, 0.15) is 25.3 Å². The van der Waals surface area contributed by atoms with E-state index in [1.54, 1.807) is 6.07 Å². The Balaban J connectivity index is 2.10. The molecule has 1 aliphatic heterocycles. The molecule has 110 valence electrons. The normalized spacial score (nSPS) is 17.7. The zero-order valence-corrected chi connectivity index (χ0v) is 11.6.